The predicted octanol–water partition coefficient (Wildman–Crippen LogP) is 3.30. The molecule has 4 heteroatoms. The molecule has 1 aromatic rings. The van der Waals surface area contributed by atoms with Crippen LogP contribution in [0, 0.1) is 5.92 Å². The van der Waals surface area contributed by atoms with Crippen LogP contribution in [0.2, 0.25) is 0 Å². The molecule has 0 spiro atoms. The summed E-state index contributed by atoms with van der Waals surface area (Å²) in [5, 5.41) is 7.14. The molecule has 0 amide bonds. The van der Waals surface area contributed by atoms with Gasteiger partial charge in [0.1, 0.15) is 5.01 Å². The van der Waals surface area contributed by atoms with Gasteiger partial charge in [0.2, 0.25) is 0 Å². The second-order valence-corrected chi connectivity index (χ2v) is 7.66. The Bertz CT molecular complexity index is 416. The van der Waals surface area contributed by atoms with Gasteiger partial charge in [-0.05, 0) is 18.8 Å². The molecular formula is C15H26N2OS. The highest BCUT2D eigenvalue weighted by Crippen LogP contribution is 2.46. The lowest BCUT2D eigenvalue weighted by molar-refractivity contribution is 0.0980. The summed E-state index contributed by atoms with van der Waals surface area (Å²) in [6.45, 7) is 10.6. The second-order valence-electron chi connectivity index (χ2n) is 6.80. The van der Waals surface area contributed by atoms with Gasteiger partial charge in [0.05, 0.1) is 17.8 Å². The summed E-state index contributed by atoms with van der Waals surface area (Å²) < 4.78 is 5.15. The second kappa shape index (κ2) is 5.51. The van der Waals surface area contributed by atoms with Crippen LogP contribution in [0.3, 0.4) is 0 Å². The summed E-state index contributed by atoms with van der Waals surface area (Å²) in [6, 6.07) is 0. The molecule has 1 aliphatic rings. The number of nitrogens with zero attached hydrogens (tertiary/aromatic N) is 1. The van der Waals surface area contributed by atoms with Gasteiger partial charge in [0.15, 0.2) is 0 Å². The summed E-state index contributed by atoms with van der Waals surface area (Å²) >= 11 is 1.80. The van der Waals surface area contributed by atoms with Crippen molar-refractivity contribution in [3.05, 3.63) is 16.1 Å². The number of nitrogens with one attached hydrogen (secondary N) is 1. The summed E-state index contributed by atoms with van der Waals surface area (Å²) in [6.07, 6.45) is 2.38. The molecule has 1 aromatic heterocycles. The van der Waals surface area contributed by atoms with Gasteiger partial charge in [-0.25, -0.2) is 4.98 Å². The number of ether oxygens (including phenoxy) is 1. The zero-order chi connectivity index (χ0) is 14.1. The van der Waals surface area contributed by atoms with Gasteiger partial charge >= 0.3 is 0 Å². The molecule has 0 unspecified atom stereocenters. The maximum atomic E-state index is 5.15. The van der Waals surface area contributed by atoms with Gasteiger partial charge in [-0.1, -0.05) is 27.7 Å². The van der Waals surface area contributed by atoms with Gasteiger partial charge in [-0.15, -0.1) is 11.3 Å². The summed E-state index contributed by atoms with van der Waals surface area (Å²) in [4.78, 5) is 4.90. The number of aromatic nitrogens is 1. The highest BCUT2D eigenvalue weighted by atomic mass is 32.1. The van der Waals surface area contributed by atoms with Gasteiger partial charge in [0, 0.05) is 24.4 Å². The van der Waals surface area contributed by atoms with Crippen molar-refractivity contribution in [2.45, 2.75) is 51.5 Å². The fraction of sp³-hybridized carbons (Fsp3) is 0.800. The van der Waals surface area contributed by atoms with E-state index in [1.165, 1.54) is 23.5 Å². The summed E-state index contributed by atoms with van der Waals surface area (Å²) in [7, 11) is 1.75. The molecule has 1 N–H and O–H groups in total. The normalized spacial score (nSPS) is 27.3. The van der Waals surface area contributed by atoms with E-state index in [1.54, 1.807) is 18.4 Å². The standard InChI is InChI=1S/C15H26N2OS/c1-11-8-15(9-11,16-6-7-18-5)13-17-12(10-19-13)14(2,3)4/h10-11,16H,6-9H2,1-5H3. The molecule has 1 heterocycles. The minimum absolute atomic E-state index is 0.103. The molecule has 0 bridgehead atoms. The average molecular weight is 282 g/mol. The highest BCUT2D eigenvalue weighted by Gasteiger charge is 2.45. The first-order chi connectivity index (χ1) is 8.87. The van der Waals surface area contributed by atoms with E-state index in [2.05, 4.69) is 38.4 Å². The minimum atomic E-state index is 0.103. The van der Waals surface area contributed by atoms with Crippen molar-refractivity contribution in [1.29, 1.82) is 0 Å². The fourth-order valence-corrected chi connectivity index (χ4v) is 4.00. The van der Waals surface area contributed by atoms with E-state index in [-0.39, 0.29) is 11.0 Å². The van der Waals surface area contributed by atoms with Crippen LogP contribution in [0.5, 0.6) is 0 Å². The monoisotopic (exact) mass is 282 g/mol. The Balaban J connectivity index is 2.13. The van der Waals surface area contributed by atoms with Crippen molar-refractivity contribution >= 4 is 11.3 Å². The van der Waals surface area contributed by atoms with Gasteiger partial charge in [0.25, 0.3) is 0 Å². The maximum absolute atomic E-state index is 5.15. The number of methoxy groups -OCH3 is 1. The predicted molar refractivity (Wildman–Crippen MR) is 80.8 cm³/mol. The van der Waals surface area contributed by atoms with Crippen LogP contribution in [0.4, 0.5) is 0 Å². The van der Waals surface area contributed by atoms with Crippen LogP contribution < -0.4 is 5.32 Å². The molecule has 2 rings (SSSR count). The number of rotatable bonds is 5. The van der Waals surface area contributed by atoms with Crippen LogP contribution in [0.25, 0.3) is 0 Å². The SMILES string of the molecule is COCCNC1(c2nc(C(C)(C)C)cs2)CC(C)C1. The third-order valence-corrected chi connectivity index (χ3v) is 4.89. The Morgan fingerprint density at radius 3 is 2.63 bits per heavy atom. The summed E-state index contributed by atoms with van der Waals surface area (Å²) in [5.41, 5.74) is 1.45. The van der Waals surface area contributed by atoms with Crippen LogP contribution >= 0.6 is 11.3 Å². The summed E-state index contributed by atoms with van der Waals surface area (Å²) in [5.74, 6) is 0.789. The smallest absolute Gasteiger partial charge is 0.113 e. The van der Waals surface area contributed by atoms with Gasteiger partial charge < -0.3 is 10.1 Å². The third-order valence-electron chi connectivity index (χ3n) is 3.85. The average Bonchev–Trinajstić information content (AvgIpc) is 2.75. The van der Waals surface area contributed by atoms with Crippen LogP contribution in [0.1, 0.15) is 51.2 Å². The van der Waals surface area contributed by atoms with E-state index >= 15 is 0 Å². The molecule has 108 valence electrons. The molecule has 1 fully saturated rings. The Kier molecular flexibility index (Phi) is 4.33. The lowest BCUT2D eigenvalue weighted by atomic mass is 9.69. The van der Waals surface area contributed by atoms with E-state index in [0.29, 0.717) is 0 Å². The van der Waals surface area contributed by atoms with Crippen LogP contribution in [-0.4, -0.2) is 25.2 Å². The third kappa shape index (κ3) is 3.18. The van der Waals surface area contributed by atoms with Crippen molar-refractivity contribution in [2.24, 2.45) is 5.92 Å². The Morgan fingerprint density at radius 1 is 1.47 bits per heavy atom. The van der Waals surface area contributed by atoms with Crippen molar-refractivity contribution < 1.29 is 4.74 Å². The molecule has 19 heavy (non-hydrogen) atoms. The molecule has 0 radical (unpaired) electrons. The number of thiazole rings is 1. The lowest BCUT2D eigenvalue weighted by Crippen LogP contribution is -2.52. The molecule has 1 aliphatic carbocycles. The van der Waals surface area contributed by atoms with Crippen molar-refractivity contribution in [3.8, 4) is 0 Å². The van der Waals surface area contributed by atoms with Gasteiger partial charge in [-0.3, -0.25) is 0 Å². The molecule has 0 saturated heterocycles. The van der Waals surface area contributed by atoms with E-state index < -0.39 is 0 Å². The zero-order valence-corrected chi connectivity index (χ0v) is 13.6. The molecule has 0 aromatic carbocycles. The molecule has 3 nitrogen and oxygen atoms in total. The lowest BCUT2D eigenvalue weighted by Gasteiger charge is -2.46. The minimum Gasteiger partial charge on any atom is -0.383 e. The van der Waals surface area contributed by atoms with Crippen LogP contribution in [-0.2, 0) is 15.7 Å². The first-order valence-electron chi connectivity index (χ1n) is 7.08. The van der Waals surface area contributed by atoms with Crippen molar-refractivity contribution in [2.75, 3.05) is 20.3 Å². The molecule has 0 aliphatic heterocycles. The van der Waals surface area contributed by atoms with E-state index in [1.807, 2.05) is 0 Å². The first kappa shape index (κ1) is 14.9. The topological polar surface area (TPSA) is 34.1 Å². The maximum Gasteiger partial charge on any atom is 0.113 e. The van der Waals surface area contributed by atoms with Crippen LogP contribution in [0.15, 0.2) is 5.38 Å². The first-order valence-corrected chi connectivity index (χ1v) is 7.96. The molecule has 1 saturated carbocycles. The van der Waals surface area contributed by atoms with Gasteiger partial charge in [-0.2, -0.15) is 0 Å². The van der Waals surface area contributed by atoms with E-state index in [4.69, 9.17) is 9.72 Å². The van der Waals surface area contributed by atoms with Crippen molar-refractivity contribution in [1.82, 2.24) is 10.3 Å². The quantitative estimate of drug-likeness (QED) is 0.841. The van der Waals surface area contributed by atoms with E-state index in [0.717, 1.165) is 19.1 Å². The number of hydrogen-bond acceptors (Lipinski definition) is 4. The fourth-order valence-electron chi connectivity index (χ4n) is 2.75. The van der Waals surface area contributed by atoms with E-state index in [9.17, 15) is 0 Å². The Morgan fingerprint density at radius 2 is 2.16 bits per heavy atom. The highest BCUT2D eigenvalue weighted by molar-refractivity contribution is 7.09. The molecule has 0 atom stereocenters. The number of hydrogen-bond donors (Lipinski definition) is 1. The largest absolute Gasteiger partial charge is 0.383 e. The Hall–Kier alpha value is -0.450. The zero-order valence-electron chi connectivity index (χ0n) is 12.7. The Labute approximate surface area is 120 Å². The molecular weight excluding hydrogens is 256 g/mol. The van der Waals surface area contributed by atoms with Crippen molar-refractivity contribution in [3.63, 3.8) is 0 Å².